The summed E-state index contributed by atoms with van der Waals surface area (Å²) in [5.74, 6) is -0.284. The fourth-order valence-electron chi connectivity index (χ4n) is 1.90. The van der Waals surface area contributed by atoms with Crippen LogP contribution in [0, 0.1) is 5.82 Å². The first-order chi connectivity index (χ1) is 7.84. The Morgan fingerprint density at radius 1 is 1.44 bits per heavy atom. The molecule has 88 valence electrons. The molecule has 0 saturated carbocycles. The largest absolute Gasteiger partial charge is 0.377 e. The zero-order chi connectivity index (χ0) is 11.2. The average Bonchev–Trinajstić information content (AvgIpc) is 2.30. The van der Waals surface area contributed by atoms with E-state index in [0.717, 1.165) is 25.1 Å². The van der Waals surface area contributed by atoms with Crippen LogP contribution in [0.1, 0.15) is 24.8 Å². The predicted molar refractivity (Wildman–Crippen MR) is 59.5 cm³/mol. The number of nitrogens with zero attached hydrogens (tertiary/aromatic N) is 1. The quantitative estimate of drug-likeness (QED) is 0.848. The summed E-state index contributed by atoms with van der Waals surface area (Å²) in [6, 6.07) is 1.50. The van der Waals surface area contributed by atoms with Gasteiger partial charge in [-0.05, 0) is 30.9 Å². The summed E-state index contributed by atoms with van der Waals surface area (Å²) in [4.78, 5) is 3.80. The Morgan fingerprint density at radius 2 is 2.38 bits per heavy atom. The summed E-state index contributed by atoms with van der Waals surface area (Å²) in [6.45, 7) is 2.34. The molecule has 0 spiro atoms. The number of pyridine rings is 1. The van der Waals surface area contributed by atoms with Crippen molar-refractivity contribution >= 4 is 0 Å². The van der Waals surface area contributed by atoms with Crippen molar-refractivity contribution in [1.82, 2.24) is 10.3 Å². The van der Waals surface area contributed by atoms with Crippen LogP contribution < -0.4 is 5.32 Å². The van der Waals surface area contributed by atoms with Gasteiger partial charge in [0.2, 0.25) is 0 Å². The van der Waals surface area contributed by atoms with E-state index in [-0.39, 0.29) is 5.82 Å². The highest BCUT2D eigenvalue weighted by atomic mass is 19.1. The molecule has 2 heterocycles. The number of halogens is 1. The number of nitrogens with one attached hydrogen (secondary N) is 1. The van der Waals surface area contributed by atoms with Gasteiger partial charge in [0.15, 0.2) is 0 Å². The fraction of sp³-hybridized carbons (Fsp3) is 0.583. The predicted octanol–water partition coefficient (Wildman–Crippen LogP) is 1.88. The van der Waals surface area contributed by atoms with E-state index in [4.69, 9.17) is 4.74 Å². The van der Waals surface area contributed by atoms with Crippen LogP contribution in [-0.2, 0) is 11.3 Å². The molecule has 1 aliphatic rings. The molecule has 0 radical (unpaired) electrons. The van der Waals surface area contributed by atoms with E-state index < -0.39 is 0 Å². The van der Waals surface area contributed by atoms with Gasteiger partial charge in [0.1, 0.15) is 5.82 Å². The third kappa shape index (κ3) is 3.54. The molecule has 1 unspecified atom stereocenters. The maximum atomic E-state index is 12.8. The maximum absolute atomic E-state index is 12.8. The Hall–Kier alpha value is -1.00. The molecule has 1 saturated heterocycles. The number of ether oxygens (including phenoxy) is 1. The van der Waals surface area contributed by atoms with Crippen molar-refractivity contribution in [3.63, 3.8) is 0 Å². The normalized spacial score (nSPS) is 20.9. The SMILES string of the molecule is Fc1cncc(CNCC2CCCCO2)c1. The molecule has 0 bridgehead atoms. The molecule has 0 aromatic carbocycles. The third-order valence-corrected chi connectivity index (χ3v) is 2.74. The molecule has 1 aromatic heterocycles. The Balaban J connectivity index is 1.71. The monoisotopic (exact) mass is 224 g/mol. The Labute approximate surface area is 95.0 Å². The fourth-order valence-corrected chi connectivity index (χ4v) is 1.90. The van der Waals surface area contributed by atoms with Gasteiger partial charge in [-0.3, -0.25) is 4.98 Å². The molecule has 2 rings (SSSR count). The van der Waals surface area contributed by atoms with E-state index in [1.54, 1.807) is 6.20 Å². The molecular weight excluding hydrogens is 207 g/mol. The van der Waals surface area contributed by atoms with Crippen LogP contribution in [-0.4, -0.2) is 24.2 Å². The lowest BCUT2D eigenvalue weighted by atomic mass is 10.1. The van der Waals surface area contributed by atoms with Crippen molar-refractivity contribution < 1.29 is 9.13 Å². The number of aromatic nitrogens is 1. The minimum atomic E-state index is -0.284. The van der Waals surface area contributed by atoms with Crippen LogP contribution in [0.5, 0.6) is 0 Å². The highest BCUT2D eigenvalue weighted by Crippen LogP contribution is 2.11. The average molecular weight is 224 g/mol. The third-order valence-electron chi connectivity index (χ3n) is 2.74. The highest BCUT2D eigenvalue weighted by Gasteiger charge is 2.12. The summed E-state index contributed by atoms with van der Waals surface area (Å²) < 4.78 is 18.4. The van der Waals surface area contributed by atoms with Crippen molar-refractivity contribution in [2.75, 3.05) is 13.2 Å². The van der Waals surface area contributed by atoms with Crippen LogP contribution in [0.3, 0.4) is 0 Å². The van der Waals surface area contributed by atoms with E-state index in [2.05, 4.69) is 10.3 Å². The highest BCUT2D eigenvalue weighted by molar-refractivity contribution is 5.09. The first-order valence-electron chi connectivity index (χ1n) is 5.76. The zero-order valence-corrected chi connectivity index (χ0v) is 9.29. The first kappa shape index (κ1) is 11.5. The number of hydrogen-bond acceptors (Lipinski definition) is 3. The van der Waals surface area contributed by atoms with Gasteiger partial charge in [-0.1, -0.05) is 0 Å². The van der Waals surface area contributed by atoms with Gasteiger partial charge in [-0.15, -0.1) is 0 Å². The van der Waals surface area contributed by atoms with E-state index >= 15 is 0 Å². The second kappa shape index (κ2) is 5.92. The summed E-state index contributed by atoms with van der Waals surface area (Å²) in [7, 11) is 0. The van der Waals surface area contributed by atoms with Gasteiger partial charge in [-0.2, -0.15) is 0 Å². The van der Waals surface area contributed by atoms with Crippen LogP contribution in [0.15, 0.2) is 18.5 Å². The summed E-state index contributed by atoms with van der Waals surface area (Å²) in [6.07, 6.45) is 6.74. The van der Waals surface area contributed by atoms with Gasteiger partial charge < -0.3 is 10.1 Å². The standard InChI is InChI=1S/C12H17FN2O/c13-11-5-10(6-14-8-11)7-15-9-12-3-1-2-4-16-12/h5-6,8,12,15H,1-4,7,9H2. The molecule has 3 nitrogen and oxygen atoms in total. The molecule has 0 amide bonds. The van der Waals surface area contributed by atoms with E-state index in [1.807, 2.05) is 0 Å². The lowest BCUT2D eigenvalue weighted by Crippen LogP contribution is -2.31. The molecule has 1 fully saturated rings. The lowest BCUT2D eigenvalue weighted by Gasteiger charge is -2.22. The first-order valence-corrected chi connectivity index (χ1v) is 5.76. The van der Waals surface area contributed by atoms with Crippen LogP contribution >= 0.6 is 0 Å². The molecule has 1 atom stereocenters. The minimum Gasteiger partial charge on any atom is -0.377 e. The summed E-state index contributed by atoms with van der Waals surface area (Å²) in [5, 5.41) is 3.27. The zero-order valence-electron chi connectivity index (χ0n) is 9.29. The molecular formula is C12H17FN2O. The molecule has 1 aromatic rings. The second-order valence-corrected chi connectivity index (χ2v) is 4.13. The van der Waals surface area contributed by atoms with Gasteiger partial charge in [-0.25, -0.2) is 4.39 Å². The van der Waals surface area contributed by atoms with E-state index in [9.17, 15) is 4.39 Å². The Morgan fingerprint density at radius 3 is 3.12 bits per heavy atom. The van der Waals surface area contributed by atoms with Gasteiger partial charge in [0.25, 0.3) is 0 Å². The second-order valence-electron chi connectivity index (χ2n) is 4.13. The van der Waals surface area contributed by atoms with Crippen molar-refractivity contribution in [3.8, 4) is 0 Å². The summed E-state index contributed by atoms with van der Waals surface area (Å²) in [5.41, 5.74) is 0.871. The van der Waals surface area contributed by atoms with Crippen molar-refractivity contribution in [2.45, 2.75) is 31.9 Å². The Bertz CT molecular complexity index is 327. The minimum absolute atomic E-state index is 0.284. The number of hydrogen-bond donors (Lipinski definition) is 1. The number of rotatable bonds is 4. The van der Waals surface area contributed by atoms with Crippen LogP contribution in [0.2, 0.25) is 0 Å². The van der Waals surface area contributed by atoms with Crippen molar-refractivity contribution in [2.24, 2.45) is 0 Å². The van der Waals surface area contributed by atoms with Crippen LogP contribution in [0.4, 0.5) is 4.39 Å². The lowest BCUT2D eigenvalue weighted by molar-refractivity contribution is 0.0168. The Kier molecular flexibility index (Phi) is 4.25. The molecule has 1 aliphatic heterocycles. The smallest absolute Gasteiger partial charge is 0.141 e. The maximum Gasteiger partial charge on any atom is 0.141 e. The van der Waals surface area contributed by atoms with Gasteiger partial charge in [0, 0.05) is 25.9 Å². The summed E-state index contributed by atoms with van der Waals surface area (Å²) >= 11 is 0. The van der Waals surface area contributed by atoms with Gasteiger partial charge in [0.05, 0.1) is 12.3 Å². The van der Waals surface area contributed by atoms with E-state index in [0.29, 0.717) is 12.6 Å². The van der Waals surface area contributed by atoms with Gasteiger partial charge >= 0.3 is 0 Å². The topological polar surface area (TPSA) is 34.2 Å². The van der Waals surface area contributed by atoms with E-state index in [1.165, 1.54) is 25.1 Å². The molecule has 16 heavy (non-hydrogen) atoms. The molecule has 4 heteroatoms. The van der Waals surface area contributed by atoms with Crippen LogP contribution in [0.25, 0.3) is 0 Å². The van der Waals surface area contributed by atoms with Crippen molar-refractivity contribution in [1.29, 1.82) is 0 Å². The molecule has 1 N–H and O–H groups in total. The van der Waals surface area contributed by atoms with Crippen molar-refractivity contribution in [3.05, 3.63) is 29.8 Å². The molecule has 0 aliphatic carbocycles.